The molecule has 0 N–H and O–H groups in total. The van der Waals surface area contributed by atoms with Gasteiger partial charge in [0.05, 0.1) is 17.8 Å². The van der Waals surface area contributed by atoms with E-state index in [1.54, 1.807) is 12.1 Å². The number of halogens is 2. The lowest BCUT2D eigenvalue weighted by Crippen LogP contribution is -2.44. The Morgan fingerprint density at radius 2 is 2.08 bits per heavy atom. The van der Waals surface area contributed by atoms with E-state index in [0.717, 1.165) is 24.6 Å². The van der Waals surface area contributed by atoms with E-state index in [1.165, 1.54) is 11.0 Å². The number of likely N-dealkylation sites (tertiary alicyclic amines) is 1. The van der Waals surface area contributed by atoms with Crippen molar-refractivity contribution in [2.75, 3.05) is 13.1 Å². The van der Waals surface area contributed by atoms with Crippen LogP contribution in [0.2, 0.25) is 0 Å². The highest BCUT2D eigenvalue weighted by molar-refractivity contribution is 5.94. The summed E-state index contributed by atoms with van der Waals surface area (Å²) < 4.78 is 32.5. The van der Waals surface area contributed by atoms with Gasteiger partial charge in [-0.2, -0.15) is 5.10 Å². The largest absolute Gasteiger partial charge is 0.471 e. The number of hydrogen-bond donors (Lipinski definition) is 0. The number of amides is 1. The van der Waals surface area contributed by atoms with E-state index in [1.807, 2.05) is 6.92 Å². The van der Waals surface area contributed by atoms with E-state index in [4.69, 9.17) is 4.74 Å². The SMILES string of the molecule is Cc1ccc(OC2CCCN(C(=O)c3ccc(F)cc3F)C2)nn1. The van der Waals surface area contributed by atoms with Gasteiger partial charge in [0.2, 0.25) is 5.88 Å². The lowest BCUT2D eigenvalue weighted by Gasteiger charge is -2.32. The first-order valence-electron chi connectivity index (χ1n) is 7.74. The van der Waals surface area contributed by atoms with Crippen molar-refractivity contribution < 1.29 is 18.3 Å². The van der Waals surface area contributed by atoms with Gasteiger partial charge >= 0.3 is 0 Å². The van der Waals surface area contributed by atoms with Gasteiger partial charge in [0.15, 0.2) is 0 Å². The van der Waals surface area contributed by atoms with Gasteiger partial charge in [-0.3, -0.25) is 4.79 Å². The van der Waals surface area contributed by atoms with Crippen LogP contribution >= 0.6 is 0 Å². The van der Waals surface area contributed by atoms with Gasteiger partial charge < -0.3 is 9.64 Å². The maximum Gasteiger partial charge on any atom is 0.256 e. The summed E-state index contributed by atoms with van der Waals surface area (Å²) in [5.74, 6) is -1.63. The quantitative estimate of drug-likeness (QED) is 0.867. The predicted octanol–water partition coefficient (Wildman–Crippen LogP) is 2.75. The zero-order chi connectivity index (χ0) is 17.1. The Hall–Kier alpha value is -2.57. The van der Waals surface area contributed by atoms with Gasteiger partial charge in [-0.25, -0.2) is 8.78 Å². The minimum Gasteiger partial charge on any atom is -0.471 e. The first kappa shape index (κ1) is 16.3. The van der Waals surface area contributed by atoms with Crippen molar-refractivity contribution in [3.8, 4) is 5.88 Å². The zero-order valence-electron chi connectivity index (χ0n) is 13.2. The van der Waals surface area contributed by atoms with Crippen LogP contribution in [0, 0.1) is 18.6 Å². The molecule has 0 aliphatic carbocycles. The van der Waals surface area contributed by atoms with Crippen LogP contribution in [-0.2, 0) is 0 Å². The summed E-state index contributed by atoms with van der Waals surface area (Å²) in [6.07, 6.45) is 1.27. The van der Waals surface area contributed by atoms with Gasteiger partial charge in [-0.05, 0) is 38.0 Å². The molecule has 1 atom stereocenters. The minimum absolute atomic E-state index is 0.132. The van der Waals surface area contributed by atoms with Crippen molar-refractivity contribution in [1.82, 2.24) is 15.1 Å². The van der Waals surface area contributed by atoms with Crippen LogP contribution in [0.4, 0.5) is 8.78 Å². The fraction of sp³-hybridized carbons (Fsp3) is 0.353. The van der Waals surface area contributed by atoms with E-state index in [0.29, 0.717) is 25.0 Å². The summed E-state index contributed by atoms with van der Waals surface area (Å²) in [4.78, 5) is 14.0. The Labute approximate surface area is 138 Å². The Balaban J connectivity index is 1.68. The number of ether oxygens (including phenoxy) is 1. The van der Waals surface area contributed by atoms with Crippen molar-refractivity contribution in [2.45, 2.75) is 25.9 Å². The molecule has 1 amide bonds. The highest BCUT2D eigenvalue weighted by Crippen LogP contribution is 2.19. The second-order valence-corrected chi connectivity index (χ2v) is 5.77. The number of hydrogen-bond acceptors (Lipinski definition) is 4. The van der Waals surface area contributed by atoms with E-state index in [2.05, 4.69) is 10.2 Å². The van der Waals surface area contributed by atoms with Crippen molar-refractivity contribution >= 4 is 5.91 Å². The van der Waals surface area contributed by atoms with E-state index in [-0.39, 0.29) is 11.7 Å². The van der Waals surface area contributed by atoms with Gasteiger partial charge in [0.25, 0.3) is 5.91 Å². The molecule has 0 bridgehead atoms. The number of benzene rings is 1. The van der Waals surface area contributed by atoms with Gasteiger partial charge in [0, 0.05) is 18.7 Å². The Morgan fingerprint density at radius 1 is 1.25 bits per heavy atom. The maximum atomic E-state index is 13.8. The smallest absolute Gasteiger partial charge is 0.256 e. The Morgan fingerprint density at radius 3 is 2.79 bits per heavy atom. The molecule has 24 heavy (non-hydrogen) atoms. The normalized spacial score (nSPS) is 17.6. The molecule has 0 radical (unpaired) electrons. The second kappa shape index (κ2) is 6.90. The van der Waals surface area contributed by atoms with E-state index < -0.39 is 17.5 Å². The lowest BCUT2D eigenvalue weighted by atomic mass is 10.1. The molecule has 1 aliphatic heterocycles. The minimum atomic E-state index is -0.854. The number of aromatic nitrogens is 2. The highest BCUT2D eigenvalue weighted by atomic mass is 19.1. The first-order chi connectivity index (χ1) is 11.5. The first-order valence-corrected chi connectivity index (χ1v) is 7.74. The Kier molecular flexibility index (Phi) is 4.69. The molecular weight excluding hydrogens is 316 g/mol. The molecule has 1 unspecified atom stereocenters. The molecule has 1 saturated heterocycles. The van der Waals surface area contributed by atoms with Crippen molar-refractivity contribution in [3.05, 3.63) is 53.2 Å². The molecule has 126 valence electrons. The topological polar surface area (TPSA) is 55.3 Å². The third-order valence-corrected chi connectivity index (χ3v) is 3.89. The molecular formula is C17H17F2N3O2. The standard InChI is InChI=1S/C17H17F2N3O2/c1-11-4-7-16(21-20-11)24-13-3-2-8-22(10-13)17(23)14-6-5-12(18)9-15(14)19/h4-7,9,13H,2-3,8,10H2,1H3. The molecule has 1 fully saturated rings. The fourth-order valence-electron chi connectivity index (χ4n) is 2.67. The predicted molar refractivity (Wildman–Crippen MR) is 82.7 cm³/mol. The third kappa shape index (κ3) is 3.67. The number of nitrogens with zero attached hydrogens (tertiary/aromatic N) is 3. The summed E-state index contributed by atoms with van der Waals surface area (Å²) in [6.45, 7) is 2.66. The van der Waals surface area contributed by atoms with Gasteiger partial charge in [-0.1, -0.05) is 0 Å². The molecule has 1 aliphatic rings. The zero-order valence-corrected chi connectivity index (χ0v) is 13.2. The van der Waals surface area contributed by atoms with Crippen LogP contribution in [0.25, 0.3) is 0 Å². The van der Waals surface area contributed by atoms with Crippen LogP contribution in [0.15, 0.2) is 30.3 Å². The van der Waals surface area contributed by atoms with Gasteiger partial charge in [0.1, 0.15) is 17.7 Å². The molecule has 1 aromatic carbocycles. The highest BCUT2D eigenvalue weighted by Gasteiger charge is 2.27. The summed E-state index contributed by atoms with van der Waals surface area (Å²) in [5, 5.41) is 7.87. The van der Waals surface area contributed by atoms with Crippen LogP contribution < -0.4 is 4.74 Å². The van der Waals surface area contributed by atoms with Crippen molar-refractivity contribution in [2.24, 2.45) is 0 Å². The fourth-order valence-corrected chi connectivity index (χ4v) is 2.67. The number of aryl methyl sites for hydroxylation is 1. The lowest BCUT2D eigenvalue weighted by molar-refractivity contribution is 0.0521. The molecule has 5 nitrogen and oxygen atoms in total. The Bertz CT molecular complexity index is 737. The van der Waals surface area contributed by atoms with Crippen LogP contribution in [0.5, 0.6) is 5.88 Å². The maximum absolute atomic E-state index is 13.8. The van der Waals surface area contributed by atoms with Crippen LogP contribution in [0.1, 0.15) is 28.9 Å². The molecule has 3 rings (SSSR count). The summed E-state index contributed by atoms with van der Waals surface area (Å²) in [5.41, 5.74) is 0.654. The summed E-state index contributed by atoms with van der Waals surface area (Å²) >= 11 is 0. The number of carbonyl (C=O) groups is 1. The average molecular weight is 333 g/mol. The number of rotatable bonds is 3. The van der Waals surface area contributed by atoms with Gasteiger partial charge in [-0.15, -0.1) is 5.10 Å². The molecule has 0 spiro atoms. The monoisotopic (exact) mass is 333 g/mol. The summed E-state index contributed by atoms with van der Waals surface area (Å²) in [7, 11) is 0. The number of carbonyl (C=O) groups excluding carboxylic acids is 1. The molecule has 2 aromatic rings. The van der Waals surface area contributed by atoms with Crippen LogP contribution in [-0.4, -0.2) is 40.2 Å². The van der Waals surface area contributed by atoms with Crippen molar-refractivity contribution in [1.29, 1.82) is 0 Å². The molecule has 2 heterocycles. The second-order valence-electron chi connectivity index (χ2n) is 5.77. The molecule has 0 saturated carbocycles. The summed E-state index contributed by atoms with van der Waals surface area (Å²) in [6, 6.07) is 6.48. The third-order valence-electron chi connectivity index (χ3n) is 3.89. The molecule has 7 heteroatoms. The average Bonchev–Trinajstić information content (AvgIpc) is 2.57. The van der Waals surface area contributed by atoms with E-state index >= 15 is 0 Å². The van der Waals surface area contributed by atoms with E-state index in [9.17, 15) is 13.6 Å². The molecule has 1 aromatic heterocycles. The van der Waals surface area contributed by atoms with Crippen molar-refractivity contribution in [3.63, 3.8) is 0 Å². The van der Waals surface area contributed by atoms with Crippen LogP contribution in [0.3, 0.4) is 0 Å². The number of piperidine rings is 1.